The van der Waals surface area contributed by atoms with Crippen LogP contribution in [0.25, 0.3) is 0 Å². The highest BCUT2D eigenvalue weighted by atomic mass is 16.6. The summed E-state index contributed by atoms with van der Waals surface area (Å²) in [6, 6.07) is 2.05. The van der Waals surface area contributed by atoms with Gasteiger partial charge < -0.3 is 14.6 Å². The van der Waals surface area contributed by atoms with E-state index in [-0.39, 0.29) is 12.3 Å². The van der Waals surface area contributed by atoms with E-state index in [9.17, 15) is 0 Å². The fourth-order valence-electron chi connectivity index (χ4n) is 2.92. The number of ether oxygens (including phenoxy) is 1. The fourth-order valence-corrected chi connectivity index (χ4v) is 2.92. The third kappa shape index (κ3) is 2.69. The van der Waals surface area contributed by atoms with Crippen molar-refractivity contribution in [2.45, 2.75) is 39.6 Å². The SMILES string of the molecule is Cc1cc(C2OC2Nc2cnn(Cc3c(C)noc3C)c2)n(C)n1. The van der Waals surface area contributed by atoms with E-state index >= 15 is 0 Å². The topological polar surface area (TPSA) is 86.2 Å². The van der Waals surface area contributed by atoms with E-state index in [1.165, 1.54) is 0 Å². The molecule has 0 aromatic carbocycles. The number of rotatable bonds is 5. The molecule has 1 aliphatic heterocycles. The third-order valence-corrected chi connectivity index (χ3v) is 4.26. The van der Waals surface area contributed by atoms with Gasteiger partial charge in [-0.3, -0.25) is 9.36 Å². The summed E-state index contributed by atoms with van der Waals surface area (Å²) >= 11 is 0. The second kappa shape index (κ2) is 5.48. The Kier molecular flexibility index (Phi) is 3.42. The van der Waals surface area contributed by atoms with Crippen molar-refractivity contribution in [3.8, 4) is 0 Å². The monoisotopic (exact) mass is 328 g/mol. The summed E-state index contributed by atoms with van der Waals surface area (Å²) < 4.78 is 14.6. The van der Waals surface area contributed by atoms with E-state index < -0.39 is 0 Å². The molecule has 0 spiro atoms. The summed E-state index contributed by atoms with van der Waals surface area (Å²) in [5.74, 6) is 0.828. The van der Waals surface area contributed by atoms with Crippen LogP contribution in [0.15, 0.2) is 23.0 Å². The van der Waals surface area contributed by atoms with Crippen molar-refractivity contribution in [2.24, 2.45) is 7.05 Å². The maximum absolute atomic E-state index is 5.72. The van der Waals surface area contributed by atoms with Gasteiger partial charge in [0.1, 0.15) is 11.9 Å². The summed E-state index contributed by atoms with van der Waals surface area (Å²) in [6.07, 6.45) is 3.74. The first-order valence-electron chi connectivity index (χ1n) is 7.88. The lowest BCUT2D eigenvalue weighted by Gasteiger charge is -2.01. The molecule has 4 heterocycles. The van der Waals surface area contributed by atoms with Gasteiger partial charge in [-0.15, -0.1) is 0 Å². The second-order valence-electron chi connectivity index (χ2n) is 6.19. The van der Waals surface area contributed by atoms with Crippen LogP contribution in [-0.4, -0.2) is 30.9 Å². The van der Waals surface area contributed by atoms with Crippen molar-refractivity contribution >= 4 is 5.69 Å². The molecule has 8 heteroatoms. The molecule has 1 N–H and O–H groups in total. The molecule has 126 valence electrons. The number of hydrogen-bond acceptors (Lipinski definition) is 6. The third-order valence-electron chi connectivity index (χ3n) is 4.26. The Morgan fingerprint density at radius 2 is 2.12 bits per heavy atom. The van der Waals surface area contributed by atoms with Crippen molar-refractivity contribution in [3.63, 3.8) is 0 Å². The molecule has 0 amide bonds. The largest absolute Gasteiger partial charge is 0.361 e. The molecule has 1 saturated heterocycles. The van der Waals surface area contributed by atoms with Crippen LogP contribution < -0.4 is 5.32 Å². The standard InChI is InChI=1S/C16H20N6O2/c1-9-5-14(21(4)19-9)15-16(23-15)18-12-6-17-22(7-12)8-13-10(2)20-24-11(13)3/h5-7,15-16,18H,8H2,1-4H3. The molecule has 8 nitrogen and oxygen atoms in total. The number of nitrogens with zero attached hydrogens (tertiary/aromatic N) is 5. The Morgan fingerprint density at radius 1 is 1.29 bits per heavy atom. The number of hydrogen-bond donors (Lipinski definition) is 1. The summed E-state index contributed by atoms with van der Waals surface area (Å²) in [4.78, 5) is 0. The Hall–Kier alpha value is -2.61. The van der Waals surface area contributed by atoms with Gasteiger partial charge in [-0.25, -0.2) is 0 Å². The first-order valence-corrected chi connectivity index (χ1v) is 7.88. The van der Waals surface area contributed by atoms with Crippen LogP contribution in [0.2, 0.25) is 0 Å². The van der Waals surface area contributed by atoms with E-state index in [4.69, 9.17) is 9.26 Å². The van der Waals surface area contributed by atoms with Crippen LogP contribution >= 0.6 is 0 Å². The van der Waals surface area contributed by atoms with Gasteiger partial charge in [0, 0.05) is 18.8 Å². The van der Waals surface area contributed by atoms with Gasteiger partial charge in [0.15, 0.2) is 6.23 Å². The quantitative estimate of drug-likeness (QED) is 0.722. The maximum Gasteiger partial charge on any atom is 0.161 e. The van der Waals surface area contributed by atoms with Crippen molar-refractivity contribution in [1.29, 1.82) is 0 Å². The minimum absolute atomic E-state index is 0.0297. The molecule has 0 aliphatic carbocycles. The van der Waals surface area contributed by atoms with Crippen molar-refractivity contribution in [1.82, 2.24) is 24.7 Å². The zero-order valence-electron chi connectivity index (χ0n) is 14.1. The molecule has 2 unspecified atom stereocenters. The molecule has 0 radical (unpaired) electrons. The number of nitrogens with one attached hydrogen (secondary N) is 1. The molecule has 3 aromatic rings. The highest BCUT2D eigenvalue weighted by Gasteiger charge is 2.42. The first kappa shape index (κ1) is 14.9. The smallest absolute Gasteiger partial charge is 0.161 e. The molecular weight excluding hydrogens is 308 g/mol. The fraction of sp³-hybridized carbons (Fsp3) is 0.438. The number of aryl methyl sites for hydroxylation is 4. The van der Waals surface area contributed by atoms with Crippen LogP contribution in [0.3, 0.4) is 0 Å². The molecule has 1 fully saturated rings. The minimum Gasteiger partial charge on any atom is -0.361 e. The van der Waals surface area contributed by atoms with Gasteiger partial charge in [-0.1, -0.05) is 5.16 Å². The van der Waals surface area contributed by atoms with Crippen LogP contribution in [-0.2, 0) is 18.3 Å². The van der Waals surface area contributed by atoms with Gasteiger partial charge >= 0.3 is 0 Å². The molecule has 0 saturated carbocycles. The zero-order valence-corrected chi connectivity index (χ0v) is 14.1. The normalized spacial score (nSPS) is 19.7. The number of anilines is 1. The molecule has 4 rings (SSSR count). The van der Waals surface area contributed by atoms with Crippen LogP contribution in [0.4, 0.5) is 5.69 Å². The summed E-state index contributed by atoms with van der Waals surface area (Å²) in [6.45, 7) is 6.47. The number of epoxide rings is 1. The number of aromatic nitrogens is 5. The Bertz CT molecular complexity index is 858. The second-order valence-corrected chi connectivity index (χ2v) is 6.19. The first-order chi connectivity index (χ1) is 11.5. The lowest BCUT2D eigenvalue weighted by Crippen LogP contribution is -2.06. The van der Waals surface area contributed by atoms with E-state index in [2.05, 4.69) is 20.7 Å². The summed E-state index contributed by atoms with van der Waals surface area (Å²) in [7, 11) is 1.93. The van der Waals surface area contributed by atoms with Gasteiger partial charge in [0.05, 0.1) is 35.5 Å². The summed E-state index contributed by atoms with van der Waals surface area (Å²) in [5.41, 5.74) is 4.96. The zero-order chi connectivity index (χ0) is 16.8. The lowest BCUT2D eigenvalue weighted by atomic mass is 10.2. The van der Waals surface area contributed by atoms with E-state index in [1.807, 2.05) is 49.4 Å². The lowest BCUT2D eigenvalue weighted by molar-refractivity contribution is 0.378. The Balaban J connectivity index is 1.41. The van der Waals surface area contributed by atoms with E-state index in [0.29, 0.717) is 6.54 Å². The predicted molar refractivity (Wildman–Crippen MR) is 86.5 cm³/mol. The highest BCUT2D eigenvalue weighted by molar-refractivity contribution is 5.41. The van der Waals surface area contributed by atoms with Crippen molar-refractivity contribution < 1.29 is 9.26 Å². The average molecular weight is 328 g/mol. The average Bonchev–Trinajstić information content (AvgIpc) is 2.81. The van der Waals surface area contributed by atoms with Crippen LogP contribution in [0.5, 0.6) is 0 Å². The molecule has 1 aliphatic rings. The van der Waals surface area contributed by atoms with Crippen LogP contribution in [0, 0.1) is 20.8 Å². The van der Waals surface area contributed by atoms with Gasteiger partial charge in [0.2, 0.25) is 0 Å². The van der Waals surface area contributed by atoms with Crippen molar-refractivity contribution in [3.05, 3.63) is 46.9 Å². The Morgan fingerprint density at radius 3 is 2.79 bits per heavy atom. The molecule has 3 aromatic heterocycles. The molecule has 0 bridgehead atoms. The Labute approximate surface area is 139 Å². The van der Waals surface area contributed by atoms with E-state index in [1.54, 1.807) is 6.20 Å². The minimum atomic E-state index is -0.0449. The predicted octanol–water partition coefficient (Wildman–Crippen LogP) is 2.09. The van der Waals surface area contributed by atoms with Crippen LogP contribution in [0.1, 0.15) is 34.5 Å². The van der Waals surface area contributed by atoms with E-state index in [0.717, 1.165) is 34.1 Å². The van der Waals surface area contributed by atoms with Gasteiger partial charge in [-0.2, -0.15) is 10.2 Å². The van der Waals surface area contributed by atoms with Crippen molar-refractivity contribution in [2.75, 3.05) is 5.32 Å². The summed E-state index contributed by atoms with van der Waals surface area (Å²) in [5, 5.41) is 16.1. The van der Waals surface area contributed by atoms with Gasteiger partial charge in [0.25, 0.3) is 0 Å². The maximum atomic E-state index is 5.72. The van der Waals surface area contributed by atoms with Gasteiger partial charge in [-0.05, 0) is 26.8 Å². The highest BCUT2D eigenvalue weighted by Crippen LogP contribution is 2.39. The molecule has 2 atom stereocenters. The molecular formula is C16H20N6O2. The molecule has 24 heavy (non-hydrogen) atoms.